The average molecular weight is 412 g/mol. The molecule has 2 heterocycles. The molecule has 0 aliphatic carbocycles. The van der Waals surface area contributed by atoms with Crippen molar-refractivity contribution in [2.75, 3.05) is 17.7 Å². The van der Waals surface area contributed by atoms with Crippen LogP contribution in [-0.2, 0) is 0 Å². The number of hydrogen-bond donors (Lipinski definition) is 4. The first-order valence-electron chi connectivity index (χ1n) is 7.54. The van der Waals surface area contributed by atoms with Crippen LogP contribution in [0.1, 0.15) is 16.6 Å². The number of aromatic nitrogens is 2. The highest BCUT2D eigenvalue weighted by molar-refractivity contribution is 7.21. The Bertz CT molecular complexity index is 1010. The zero-order valence-corrected chi connectivity index (χ0v) is 15.9. The number of primary amides is 1. The molecule has 1 unspecified atom stereocenters. The van der Waals surface area contributed by atoms with Crippen molar-refractivity contribution in [1.82, 2.24) is 9.97 Å². The summed E-state index contributed by atoms with van der Waals surface area (Å²) < 4.78 is 0. The fraction of sp³-hybridized carbons (Fsp3) is 0.188. The van der Waals surface area contributed by atoms with Crippen LogP contribution in [0.2, 0.25) is 10.0 Å². The average Bonchev–Trinajstić information content (AvgIpc) is 2.93. The predicted octanol–water partition coefficient (Wildman–Crippen LogP) is 3.14. The Morgan fingerprint density at radius 1 is 1.35 bits per heavy atom. The topological polar surface area (TPSA) is 127 Å². The molecule has 1 atom stereocenters. The molecule has 0 saturated heterocycles. The zero-order chi connectivity index (χ0) is 19.0. The van der Waals surface area contributed by atoms with Crippen LogP contribution in [-0.4, -0.2) is 33.6 Å². The Morgan fingerprint density at radius 3 is 2.69 bits per heavy atom. The highest BCUT2D eigenvalue weighted by Crippen LogP contribution is 2.40. The van der Waals surface area contributed by atoms with E-state index in [1.807, 2.05) is 0 Å². The second kappa shape index (κ2) is 7.24. The molecule has 26 heavy (non-hydrogen) atoms. The number of nitrogens with two attached hydrogens (primary N) is 2. The van der Waals surface area contributed by atoms with Crippen molar-refractivity contribution < 1.29 is 9.90 Å². The van der Waals surface area contributed by atoms with Gasteiger partial charge in [-0.05, 0) is 19.1 Å². The highest BCUT2D eigenvalue weighted by Gasteiger charge is 2.21. The third kappa shape index (κ3) is 3.41. The van der Waals surface area contributed by atoms with Crippen LogP contribution in [0.4, 0.5) is 11.6 Å². The molecule has 0 bridgehead atoms. The summed E-state index contributed by atoms with van der Waals surface area (Å²) in [4.78, 5) is 21.3. The fourth-order valence-electron chi connectivity index (χ4n) is 2.39. The van der Waals surface area contributed by atoms with Gasteiger partial charge in [0.05, 0.1) is 33.4 Å². The minimum Gasteiger partial charge on any atom is -0.397 e. The zero-order valence-electron chi connectivity index (χ0n) is 13.6. The smallest absolute Gasteiger partial charge is 0.260 e. The van der Waals surface area contributed by atoms with E-state index in [0.29, 0.717) is 31.5 Å². The summed E-state index contributed by atoms with van der Waals surface area (Å²) in [6, 6.07) is 4.79. The molecular weight excluding hydrogens is 397 g/mol. The van der Waals surface area contributed by atoms with Crippen molar-refractivity contribution in [1.29, 1.82) is 0 Å². The van der Waals surface area contributed by atoms with Gasteiger partial charge in [0.25, 0.3) is 5.91 Å². The number of halogens is 2. The highest BCUT2D eigenvalue weighted by atomic mass is 35.5. The van der Waals surface area contributed by atoms with Crippen molar-refractivity contribution in [2.24, 2.45) is 5.73 Å². The Balaban J connectivity index is 2.29. The maximum absolute atomic E-state index is 11.7. The van der Waals surface area contributed by atoms with Crippen molar-refractivity contribution in [3.8, 4) is 11.3 Å². The Morgan fingerprint density at radius 2 is 2.08 bits per heavy atom. The number of nitrogens with zero attached hydrogens (tertiary/aromatic N) is 2. The fourth-order valence-corrected chi connectivity index (χ4v) is 3.63. The summed E-state index contributed by atoms with van der Waals surface area (Å²) in [5, 5.41) is 13.5. The molecule has 6 N–H and O–H groups in total. The first-order valence-corrected chi connectivity index (χ1v) is 9.11. The van der Waals surface area contributed by atoms with Crippen LogP contribution in [0.5, 0.6) is 0 Å². The van der Waals surface area contributed by atoms with E-state index in [-0.39, 0.29) is 29.2 Å². The lowest BCUT2D eigenvalue weighted by atomic mass is 10.1. The minimum atomic E-state index is -0.635. The number of carbonyl (C=O) groups is 1. The van der Waals surface area contributed by atoms with Gasteiger partial charge in [0.2, 0.25) is 5.95 Å². The molecule has 3 rings (SSSR count). The maximum atomic E-state index is 11.7. The molecule has 0 fully saturated rings. The molecule has 136 valence electrons. The minimum absolute atomic E-state index is 0.0946. The van der Waals surface area contributed by atoms with Crippen molar-refractivity contribution in [3.05, 3.63) is 33.1 Å². The van der Waals surface area contributed by atoms with E-state index in [2.05, 4.69) is 15.3 Å². The van der Waals surface area contributed by atoms with E-state index in [1.165, 1.54) is 0 Å². The third-order valence-corrected chi connectivity index (χ3v) is 5.51. The Hall–Kier alpha value is -2.13. The maximum Gasteiger partial charge on any atom is 0.260 e. The van der Waals surface area contributed by atoms with Crippen LogP contribution in [0.15, 0.2) is 18.2 Å². The molecule has 1 aromatic carbocycles. The first kappa shape index (κ1) is 18.7. The number of hydrogen-bond acceptors (Lipinski definition) is 7. The Kier molecular flexibility index (Phi) is 5.19. The third-order valence-electron chi connectivity index (χ3n) is 3.65. The molecule has 0 saturated carbocycles. The van der Waals surface area contributed by atoms with Gasteiger partial charge in [0, 0.05) is 11.6 Å². The number of nitrogen functional groups attached to an aromatic ring is 1. The molecule has 1 amide bonds. The SMILES string of the molecule is CC(CO)Nc1nc(-c2ccc(Cl)c(Cl)c2)c2c(N)c(C(N)=O)sc2n1. The summed E-state index contributed by atoms with van der Waals surface area (Å²) >= 11 is 13.2. The van der Waals surface area contributed by atoms with Gasteiger partial charge in [0.15, 0.2) is 0 Å². The van der Waals surface area contributed by atoms with E-state index in [1.54, 1.807) is 25.1 Å². The number of rotatable bonds is 5. The molecule has 7 nitrogen and oxygen atoms in total. The molecule has 0 aliphatic rings. The van der Waals surface area contributed by atoms with Gasteiger partial charge in [-0.3, -0.25) is 4.79 Å². The standard InChI is InChI=1S/C16H15Cl2N5O2S/c1-6(5-24)21-16-22-12(7-2-3-8(17)9(18)4-7)10-11(19)13(14(20)25)26-15(10)23-16/h2-4,6,24H,5,19H2,1H3,(H2,20,25)(H,21,22,23). The number of carbonyl (C=O) groups excluding carboxylic acids is 1. The van der Waals surface area contributed by atoms with Gasteiger partial charge in [-0.15, -0.1) is 11.3 Å². The number of aliphatic hydroxyl groups is 1. The second-order valence-corrected chi connectivity index (χ2v) is 7.46. The number of nitrogens with one attached hydrogen (secondary N) is 1. The van der Waals surface area contributed by atoms with E-state index in [9.17, 15) is 9.90 Å². The lowest BCUT2D eigenvalue weighted by Gasteiger charge is -2.13. The van der Waals surface area contributed by atoms with Crippen molar-refractivity contribution >= 4 is 62.3 Å². The lowest BCUT2D eigenvalue weighted by Crippen LogP contribution is -2.21. The van der Waals surface area contributed by atoms with Gasteiger partial charge < -0.3 is 21.9 Å². The lowest BCUT2D eigenvalue weighted by molar-refractivity contribution is 0.100. The number of anilines is 2. The van der Waals surface area contributed by atoms with Gasteiger partial charge in [-0.2, -0.15) is 0 Å². The van der Waals surface area contributed by atoms with Crippen LogP contribution in [0.3, 0.4) is 0 Å². The molecule has 0 radical (unpaired) electrons. The number of fused-ring (bicyclic) bond motifs is 1. The van der Waals surface area contributed by atoms with Gasteiger partial charge >= 0.3 is 0 Å². The molecule has 0 aliphatic heterocycles. The first-order chi connectivity index (χ1) is 12.3. The van der Waals surface area contributed by atoms with E-state index in [0.717, 1.165) is 11.3 Å². The molecule has 3 aromatic rings. The number of amides is 1. The molecular formula is C16H15Cl2N5O2S. The van der Waals surface area contributed by atoms with E-state index in [4.69, 9.17) is 34.7 Å². The van der Waals surface area contributed by atoms with Crippen molar-refractivity contribution in [3.63, 3.8) is 0 Å². The van der Waals surface area contributed by atoms with Gasteiger partial charge in [0.1, 0.15) is 9.71 Å². The summed E-state index contributed by atoms with van der Waals surface area (Å²) in [5.41, 5.74) is 12.9. The molecule has 10 heteroatoms. The van der Waals surface area contributed by atoms with E-state index < -0.39 is 5.91 Å². The van der Waals surface area contributed by atoms with Crippen LogP contribution < -0.4 is 16.8 Å². The summed E-state index contributed by atoms with van der Waals surface area (Å²) in [6.45, 7) is 1.69. The summed E-state index contributed by atoms with van der Waals surface area (Å²) in [5.74, 6) is -0.346. The van der Waals surface area contributed by atoms with Crippen molar-refractivity contribution in [2.45, 2.75) is 13.0 Å². The normalized spacial score (nSPS) is 12.3. The quantitative estimate of drug-likeness (QED) is 0.510. The largest absolute Gasteiger partial charge is 0.397 e. The molecule has 2 aromatic heterocycles. The number of aliphatic hydroxyl groups excluding tert-OH is 1. The van der Waals surface area contributed by atoms with E-state index >= 15 is 0 Å². The van der Waals surface area contributed by atoms with Crippen LogP contribution in [0.25, 0.3) is 21.5 Å². The van der Waals surface area contributed by atoms with Crippen LogP contribution in [0, 0.1) is 0 Å². The van der Waals surface area contributed by atoms with Gasteiger partial charge in [-0.25, -0.2) is 9.97 Å². The molecule has 0 spiro atoms. The number of benzene rings is 1. The summed E-state index contributed by atoms with van der Waals surface area (Å²) in [6.07, 6.45) is 0. The second-order valence-electron chi connectivity index (χ2n) is 5.64. The monoisotopic (exact) mass is 411 g/mol. The van der Waals surface area contributed by atoms with Gasteiger partial charge in [-0.1, -0.05) is 29.3 Å². The predicted molar refractivity (Wildman–Crippen MR) is 106 cm³/mol. The van der Waals surface area contributed by atoms with Crippen LogP contribution >= 0.6 is 34.5 Å². The summed E-state index contributed by atoms with van der Waals surface area (Å²) in [7, 11) is 0. The number of thiophene rings is 1. The Labute approximate surface area is 163 Å².